The zero-order valence-electron chi connectivity index (χ0n) is 17.1. The van der Waals surface area contributed by atoms with Crippen LogP contribution in [0.1, 0.15) is 19.3 Å². The van der Waals surface area contributed by atoms with Gasteiger partial charge in [0.05, 0.1) is 35.3 Å². The van der Waals surface area contributed by atoms with Crippen molar-refractivity contribution in [1.82, 2.24) is 9.88 Å². The van der Waals surface area contributed by atoms with Crippen LogP contribution in [-0.4, -0.2) is 60.5 Å². The second-order valence-corrected chi connectivity index (χ2v) is 9.07. The number of rotatable bonds is 5. The molecular weight excluding hydrogens is 416 g/mol. The Kier molecular flexibility index (Phi) is 5.45. The van der Waals surface area contributed by atoms with E-state index in [-0.39, 0.29) is 42.5 Å². The van der Waals surface area contributed by atoms with Gasteiger partial charge in [0, 0.05) is 31.7 Å². The summed E-state index contributed by atoms with van der Waals surface area (Å²) in [5.74, 6) is -1.02. The van der Waals surface area contributed by atoms with E-state index in [1.165, 1.54) is 4.90 Å². The number of allylic oxidation sites excluding steroid dienone is 2. The van der Waals surface area contributed by atoms with Crippen molar-refractivity contribution in [3.05, 3.63) is 30.4 Å². The minimum atomic E-state index is -0.255. The van der Waals surface area contributed by atoms with Crippen molar-refractivity contribution in [3.63, 3.8) is 0 Å². The molecule has 0 bridgehead atoms. The number of benzene rings is 1. The van der Waals surface area contributed by atoms with Gasteiger partial charge < -0.3 is 15.0 Å². The van der Waals surface area contributed by atoms with Crippen LogP contribution in [-0.2, 0) is 19.1 Å². The highest BCUT2D eigenvalue weighted by atomic mass is 32.1. The molecule has 31 heavy (non-hydrogen) atoms. The molecule has 3 heterocycles. The maximum Gasteiger partial charge on any atom is 0.233 e. The maximum atomic E-state index is 12.5. The molecule has 5 rings (SSSR count). The van der Waals surface area contributed by atoms with Gasteiger partial charge in [-0.2, -0.15) is 0 Å². The number of likely N-dealkylation sites (tertiary alicyclic amines) is 1. The lowest BCUT2D eigenvalue weighted by Gasteiger charge is -2.25. The van der Waals surface area contributed by atoms with Gasteiger partial charge in [-0.25, -0.2) is 4.98 Å². The first-order valence-corrected chi connectivity index (χ1v) is 11.4. The van der Waals surface area contributed by atoms with E-state index < -0.39 is 0 Å². The molecule has 2 aliphatic heterocycles. The zero-order chi connectivity index (χ0) is 21.4. The van der Waals surface area contributed by atoms with Gasteiger partial charge >= 0.3 is 0 Å². The quantitative estimate of drug-likeness (QED) is 0.567. The fourth-order valence-electron chi connectivity index (χ4n) is 4.41. The second-order valence-electron chi connectivity index (χ2n) is 8.06. The number of amides is 3. The van der Waals surface area contributed by atoms with Crippen LogP contribution >= 0.6 is 11.3 Å². The van der Waals surface area contributed by atoms with E-state index in [4.69, 9.17) is 4.74 Å². The van der Waals surface area contributed by atoms with E-state index >= 15 is 0 Å². The molecular formula is C22H24N4O4S. The Balaban J connectivity index is 1.20. The lowest BCUT2D eigenvalue weighted by Crippen LogP contribution is -2.36. The summed E-state index contributed by atoms with van der Waals surface area (Å²) in [5.41, 5.74) is 1.58. The fraction of sp³-hybridized carbons (Fsp3) is 0.455. The average Bonchev–Trinajstić information content (AvgIpc) is 3.32. The molecule has 1 aliphatic carbocycles. The summed E-state index contributed by atoms with van der Waals surface area (Å²) in [4.78, 5) is 45.7. The topological polar surface area (TPSA) is 91.8 Å². The maximum absolute atomic E-state index is 12.5. The number of hydrogen-bond donors (Lipinski definition) is 1. The van der Waals surface area contributed by atoms with Crippen molar-refractivity contribution < 1.29 is 19.1 Å². The predicted molar refractivity (Wildman–Crippen MR) is 118 cm³/mol. The summed E-state index contributed by atoms with van der Waals surface area (Å²) in [6.07, 6.45) is 5.23. The number of imide groups is 1. The van der Waals surface area contributed by atoms with E-state index in [0.717, 1.165) is 28.4 Å². The molecule has 2 saturated heterocycles. The predicted octanol–water partition coefficient (Wildman–Crippen LogP) is 2.41. The Bertz CT molecular complexity index is 1030. The number of aromatic nitrogens is 1. The van der Waals surface area contributed by atoms with Crippen LogP contribution in [0.3, 0.4) is 0 Å². The van der Waals surface area contributed by atoms with Gasteiger partial charge in [0.1, 0.15) is 0 Å². The monoisotopic (exact) mass is 440 g/mol. The van der Waals surface area contributed by atoms with Crippen LogP contribution in [0, 0.1) is 11.8 Å². The first-order chi connectivity index (χ1) is 15.1. The van der Waals surface area contributed by atoms with Crippen molar-refractivity contribution in [2.75, 3.05) is 43.1 Å². The highest BCUT2D eigenvalue weighted by molar-refractivity contribution is 7.22. The molecule has 162 valence electrons. The molecule has 1 aromatic heterocycles. The van der Waals surface area contributed by atoms with Crippen molar-refractivity contribution in [1.29, 1.82) is 0 Å². The van der Waals surface area contributed by atoms with Crippen LogP contribution < -0.4 is 10.2 Å². The molecule has 8 nitrogen and oxygen atoms in total. The van der Waals surface area contributed by atoms with E-state index in [1.54, 1.807) is 11.3 Å². The Hall–Kier alpha value is -2.78. The highest BCUT2D eigenvalue weighted by Gasteiger charge is 2.46. The summed E-state index contributed by atoms with van der Waals surface area (Å²) in [5, 5.41) is 3.85. The van der Waals surface area contributed by atoms with E-state index in [2.05, 4.69) is 15.2 Å². The van der Waals surface area contributed by atoms with Crippen molar-refractivity contribution in [3.8, 4) is 0 Å². The lowest BCUT2D eigenvalue weighted by atomic mass is 9.85. The summed E-state index contributed by atoms with van der Waals surface area (Å²) < 4.78 is 6.40. The van der Waals surface area contributed by atoms with E-state index in [1.807, 2.05) is 30.4 Å². The van der Waals surface area contributed by atoms with Gasteiger partial charge in [-0.3, -0.25) is 19.3 Å². The molecule has 0 saturated carbocycles. The minimum Gasteiger partial charge on any atom is -0.378 e. The molecule has 2 aromatic rings. The van der Waals surface area contributed by atoms with Crippen LogP contribution in [0.15, 0.2) is 30.4 Å². The fourth-order valence-corrected chi connectivity index (χ4v) is 5.46. The highest BCUT2D eigenvalue weighted by Crippen LogP contribution is 2.35. The summed E-state index contributed by atoms with van der Waals surface area (Å²) in [6.45, 7) is 3.19. The summed E-state index contributed by atoms with van der Waals surface area (Å²) in [6, 6.07) is 5.65. The summed E-state index contributed by atoms with van der Waals surface area (Å²) >= 11 is 1.60. The van der Waals surface area contributed by atoms with Gasteiger partial charge in [-0.05, 0) is 31.0 Å². The average molecular weight is 441 g/mol. The van der Waals surface area contributed by atoms with Crippen LogP contribution in [0.25, 0.3) is 10.2 Å². The molecule has 0 radical (unpaired) electrons. The molecule has 2 fully saturated rings. The van der Waals surface area contributed by atoms with Gasteiger partial charge in [0.25, 0.3) is 0 Å². The Morgan fingerprint density at radius 3 is 2.55 bits per heavy atom. The Morgan fingerprint density at radius 1 is 1.13 bits per heavy atom. The lowest BCUT2D eigenvalue weighted by molar-refractivity contribution is -0.140. The first-order valence-electron chi connectivity index (χ1n) is 10.6. The molecule has 2 atom stereocenters. The number of anilines is 2. The number of carbonyl (C=O) groups excluding carboxylic acids is 3. The van der Waals surface area contributed by atoms with E-state index in [9.17, 15) is 14.4 Å². The number of thiazole rings is 1. The van der Waals surface area contributed by atoms with Gasteiger partial charge in [-0.15, -0.1) is 0 Å². The third-order valence-corrected chi connectivity index (χ3v) is 7.18. The second kappa shape index (κ2) is 8.39. The van der Waals surface area contributed by atoms with Crippen molar-refractivity contribution in [2.24, 2.45) is 11.8 Å². The third-order valence-electron chi connectivity index (χ3n) is 6.10. The van der Waals surface area contributed by atoms with Crippen LogP contribution in [0.5, 0.6) is 0 Å². The molecule has 1 N–H and O–H groups in total. The number of nitrogens with one attached hydrogen (secondary N) is 1. The number of carbonyl (C=O) groups is 3. The van der Waals surface area contributed by atoms with Gasteiger partial charge in [0.2, 0.25) is 17.7 Å². The molecule has 0 unspecified atom stereocenters. The van der Waals surface area contributed by atoms with Crippen LogP contribution in [0.2, 0.25) is 0 Å². The zero-order valence-corrected chi connectivity index (χ0v) is 17.9. The number of nitrogens with zero attached hydrogens (tertiary/aromatic N) is 3. The molecule has 9 heteroatoms. The standard InChI is InChI=1S/C22H24N4O4S/c27-19(7-8-26-20(28)15-3-1-2-4-16(15)21(26)29)23-14-5-6-17-18(13-14)31-22(24-17)25-9-11-30-12-10-25/h1-2,5-6,13,15-16H,3-4,7-12H2,(H,23,27)/t15-,16-/m1/s1. The minimum absolute atomic E-state index is 0.0874. The smallest absolute Gasteiger partial charge is 0.233 e. The number of ether oxygens (including phenoxy) is 1. The van der Waals surface area contributed by atoms with Crippen molar-refractivity contribution >= 4 is 50.1 Å². The van der Waals surface area contributed by atoms with Gasteiger partial charge in [-0.1, -0.05) is 23.5 Å². The number of morpholine rings is 1. The molecule has 0 spiro atoms. The summed E-state index contributed by atoms with van der Waals surface area (Å²) in [7, 11) is 0. The van der Waals surface area contributed by atoms with Gasteiger partial charge in [0.15, 0.2) is 5.13 Å². The largest absolute Gasteiger partial charge is 0.378 e. The van der Waals surface area contributed by atoms with Crippen molar-refractivity contribution in [2.45, 2.75) is 19.3 Å². The molecule has 3 amide bonds. The molecule has 1 aromatic carbocycles. The Morgan fingerprint density at radius 2 is 1.84 bits per heavy atom. The van der Waals surface area contributed by atoms with E-state index in [0.29, 0.717) is 31.7 Å². The number of fused-ring (bicyclic) bond motifs is 2. The normalized spacial score (nSPS) is 23.5. The third kappa shape index (κ3) is 3.95. The molecule has 3 aliphatic rings. The number of hydrogen-bond acceptors (Lipinski definition) is 7. The van der Waals surface area contributed by atoms with Crippen LogP contribution in [0.4, 0.5) is 10.8 Å². The SMILES string of the molecule is O=C(CCN1C(=O)[C@@H]2CC=CC[C@H]2C1=O)Nc1ccc2nc(N3CCOCC3)sc2c1. The first kappa shape index (κ1) is 20.1. The Labute approximate surface area is 183 Å².